The number of hydrogen-bond donors (Lipinski definition) is 2. The summed E-state index contributed by atoms with van der Waals surface area (Å²) < 4.78 is 22.5. The Kier molecular flexibility index (Phi) is 12.1. The fourth-order valence-electron chi connectivity index (χ4n) is 3.53. The predicted octanol–water partition coefficient (Wildman–Crippen LogP) is 4.61. The molecule has 2 N–H and O–H groups in total. The van der Waals surface area contributed by atoms with Gasteiger partial charge in [-0.15, -0.1) is 0 Å². The second kappa shape index (κ2) is 13.4. The minimum absolute atomic E-state index is 0. The Morgan fingerprint density at radius 3 is 1.80 bits per heavy atom. The number of hydrogen-bond acceptors (Lipinski definition) is 2. The second-order valence-electron chi connectivity index (χ2n) is 6.22. The van der Waals surface area contributed by atoms with Gasteiger partial charge in [-0.1, -0.05) is 66.7 Å². The molecule has 0 aliphatic heterocycles. The van der Waals surface area contributed by atoms with Crippen molar-refractivity contribution < 1.29 is 36.4 Å². The van der Waals surface area contributed by atoms with Crippen molar-refractivity contribution in [2.75, 3.05) is 5.32 Å². The summed E-state index contributed by atoms with van der Waals surface area (Å²) in [5.41, 5.74) is 4.40. The van der Waals surface area contributed by atoms with Gasteiger partial charge in [-0.25, -0.2) is 0 Å². The van der Waals surface area contributed by atoms with Gasteiger partial charge in [-0.05, 0) is 41.3 Å². The van der Waals surface area contributed by atoms with Crippen molar-refractivity contribution in [2.24, 2.45) is 0 Å². The molecule has 0 fully saturated rings. The zero-order chi connectivity index (χ0) is 21.9. The summed E-state index contributed by atoms with van der Waals surface area (Å²) in [7, 11) is 0. The quantitative estimate of drug-likeness (QED) is 0.453. The summed E-state index contributed by atoms with van der Waals surface area (Å²) >= 11 is 0. The van der Waals surface area contributed by atoms with E-state index in [9.17, 15) is 5.11 Å². The van der Waals surface area contributed by atoms with Crippen LogP contribution in [0.15, 0.2) is 78.9 Å². The van der Waals surface area contributed by atoms with E-state index in [2.05, 4.69) is 49.5 Å². The van der Waals surface area contributed by atoms with Crippen LogP contribution in [-0.2, 0) is 36.9 Å². The molecule has 30 heavy (non-hydrogen) atoms. The largest absolute Gasteiger partial charge is 0 e. The van der Waals surface area contributed by atoms with Crippen LogP contribution in [-0.4, -0.2) is 5.11 Å². The van der Waals surface area contributed by atoms with Crippen LogP contribution in [0.4, 0.5) is 5.69 Å². The zero-order valence-corrected chi connectivity index (χ0v) is 17.4. The third-order valence-corrected chi connectivity index (χ3v) is 4.68. The van der Waals surface area contributed by atoms with Gasteiger partial charge in [0.2, 0.25) is 0 Å². The van der Waals surface area contributed by atoms with Crippen LogP contribution >= 0.6 is 0 Å². The monoisotopic (exact) mass is 437 g/mol. The molecule has 0 aromatic heterocycles. The minimum atomic E-state index is -0.985. The molecule has 0 saturated heterocycles. The van der Waals surface area contributed by atoms with E-state index in [-0.39, 0.29) is 23.4 Å². The van der Waals surface area contributed by atoms with Gasteiger partial charge in [0.1, 0.15) is 5.60 Å². The molecule has 1 aliphatic carbocycles. The summed E-state index contributed by atoms with van der Waals surface area (Å²) in [6, 6.07) is 26.3. The number of nitrogens with one attached hydrogen (secondary N) is 1. The van der Waals surface area contributed by atoms with E-state index in [1.807, 2.05) is 61.5 Å². The van der Waals surface area contributed by atoms with Gasteiger partial charge in [0, 0.05) is 23.0 Å². The molecule has 6 heteroatoms. The molecule has 1 aliphatic rings. The summed E-state index contributed by atoms with van der Waals surface area (Å²) in [5.74, 6) is 0. The van der Waals surface area contributed by atoms with E-state index in [1.165, 1.54) is 5.56 Å². The van der Waals surface area contributed by atoms with Crippen molar-refractivity contribution in [1.82, 2.24) is 0 Å². The van der Waals surface area contributed by atoms with Gasteiger partial charge in [0.05, 0.1) is 6.04 Å². The third-order valence-electron chi connectivity index (χ3n) is 4.68. The number of para-hydroxylation sites is 1. The fourth-order valence-corrected chi connectivity index (χ4v) is 3.53. The first-order valence-corrected chi connectivity index (χ1v) is 8.52. The average molecular weight is 437 g/mol. The predicted molar refractivity (Wildman–Crippen MR) is 106 cm³/mol. The van der Waals surface area contributed by atoms with E-state index >= 15 is 0 Å². The third kappa shape index (κ3) is 5.62. The van der Waals surface area contributed by atoms with E-state index < -0.39 is 5.60 Å². The molecule has 5 nitrogen and oxygen atoms in total. The van der Waals surface area contributed by atoms with Gasteiger partial charge in [0.25, 0.3) is 0 Å². The van der Waals surface area contributed by atoms with E-state index in [4.69, 9.17) is 14.0 Å². The fraction of sp³-hybridized carbons (Fsp3) is 0.125. The first-order valence-electron chi connectivity index (χ1n) is 8.52. The molecule has 3 aromatic rings. The normalized spacial score (nSPS) is 17.1. The molecule has 4 rings (SSSR count). The molecule has 0 spiro atoms. The van der Waals surface area contributed by atoms with Crippen molar-refractivity contribution in [3.8, 4) is 11.1 Å². The molecule has 0 bridgehead atoms. The average Bonchev–Trinajstić information content (AvgIpc) is 2.81. The van der Waals surface area contributed by atoms with Crippen molar-refractivity contribution in [3.05, 3.63) is 110 Å². The molecule has 0 amide bonds. The summed E-state index contributed by atoms with van der Waals surface area (Å²) in [4.78, 5) is 0. The molecule has 0 saturated carbocycles. The molecule has 3 aromatic carbocycles. The molecule has 0 heterocycles. The van der Waals surface area contributed by atoms with E-state index in [0.717, 1.165) is 22.4 Å². The van der Waals surface area contributed by atoms with Crippen molar-refractivity contribution in [2.45, 2.75) is 18.6 Å². The summed E-state index contributed by atoms with van der Waals surface area (Å²) in [5, 5.41) is 14.9. The number of benzene rings is 3. The van der Waals surface area contributed by atoms with Crippen molar-refractivity contribution in [3.63, 3.8) is 0 Å². The van der Waals surface area contributed by atoms with Gasteiger partial charge >= 0.3 is 33.9 Å². The van der Waals surface area contributed by atoms with Crippen LogP contribution in [0.3, 0.4) is 0 Å². The first kappa shape index (κ1) is 27.2. The van der Waals surface area contributed by atoms with Crippen LogP contribution < -0.4 is 5.32 Å². The van der Waals surface area contributed by atoms with Gasteiger partial charge in [0.15, 0.2) is 0 Å². The van der Waals surface area contributed by atoms with Crippen LogP contribution in [0.5, 0.6) is 0 Å². The standard InChI is InChI=1S/C21H19NO.3CO.Cr/c1-21(23)19-14-8-7-12-17(19)16-11-5-6-13-18(16)20(21)22-15-9-3-2-4-10-15;3*1-2;/h2-14,20,22-23H,1H3;;;;/t20-,21-;;;;/m0..../s1. The van der Waals surface area contributed by atoms with Gasteiger partial charge in [-0.3, -0.25) is 0 Å². The van der Waals surface area contributed by atoms with E-state index in [1.54, 1.807) is 0 Å². The Morgan fingerprint density at radius 2 is 1.20 bits per heavy atom. The maximum Gasteiger partial charge on any atom is 0 e. The van der Waals surface area contributed by atoms with Crippen molar-refractivity contribution >= 4 is 5.69 Å². The number of aliphatic hydroxyl groups is 1. The molecule has 2 atom stereocenters. The Morgan fingerprint density at radius 1 is 0.733 bits per heavy atom. The van der Waals surface area contributed by atoms with Crippen LogP contribution in [0, 0.1) is 20.0 Å². The van der Waals surface area contributed by atoms with Crippen LogP contribution in [0.1, 0.15) is 24.1 Å². The van der Waals surface area contributed by atoms with Crippen LogP contribution in [0.2, 0.25) is 0 Å². The summed E-state index contributed by atoms with van der Waals surface area (Å²) in [6.45, 7) is 15.4. The maximum absolute atomic E-state index is 11.3. The van der Waals surface area contributed by atoms with Gasteiger partial charge < -0.3 is 10.4 Å². The number of rotatable bonds is 2. The Hall–Kier alpha value is -2.83. The van der Waals surface area contributed by atoms with Gasteiger partial charge in [-0.2, -0.15) is 0 Å². The molecular weight excluding hydrogens is 418 g/mol. The molecule has 150 valence electrons. The molecule has 0 unspecified atom stereocenters. The Labute approximate surface area is 187 Å². The summed E-state index contributed by atoms with van der Waals surface area (Å²) in [6.07, 6.45) is 0. The molecule has 0 radical (unpaired) electrons. The van der Waals surface area contributed by atoms with Crippen LogP contribution in [0.25, 0.3) is 11.1 Å². The molecular formula is C24H19CrNO4. The number of anilines is 1. The van der Waals surface area contributed by atoms with Crippen molar-refractivity contribution in [1.29, 1.82) is 0 Å². The smallest absolute Gasteiger partial charge is 0 e. The Bertz CT molecular complexity index is 967. The topological polar surface area (TPSA) is 92.0 Å². The second-order valence-corrected chi connectivity index (χ2v) is 6.22. The Balaban J connectivity index is 0.00000111. The minimum Gasteiger partial charge on any atom is 0 e. The maximum atomic E-state index is 11.3. The van der Waals surface area contributed by atoms with E-state index in [0.29, 0.717) is 0 Å². The number of fused-ring (bicyclic) bond motifs is 3. The zero-order valence-electron chi connectivity index (χ0n) is 16.2. The SMILES string of the molecule is C[C@]1(O)c2ccccc2-c2ccccc2[C@@H]1Nc1ccccc1.[C-]#[O+].[C-]#[O+].[C-]#[O+].[Cr]. The first-order chi connectivity index (χ1) is 14.2.